The van der Waals surface area contributed by atoms with Crippen LogP contribution in [0.5, 0.6) is 0 Å². The van der Waals surface area contributed by atoms with Gasteiger partial charge in [0.1, 0.15) is 11.6 Å². The van der Waals surface area contributed by atoms with E-state index in [0.29, 0.717) is 16.6 Å². The third-order valence-corrected chi connectivity index (χ3v) is 5.77. The molecular formula is C19H15ClFN3OS. The van der Waals surface area contributed by atoms with Crippen molar-refractivity contribution in [2.45, 2.75) is 12.2 Å². The topological polar surface area (TPSA) is 46.9 Å². The molecule has 0 saturated heterocycles. The molecule has 26 heavy (non-hydrogen) atoms. The number of fused-ring (bicyclic) bond motifs is 1. The monoisotopic (exact) mass is 387 g/mol. The van der Waals surface area contributed by atoms with Crippen LogP contribution in [0.15, 0.2) is 48.5 Å². The van der Waals surface area contributed by atoms with Crippen LogP contribution in [0.2, 0.25) is 5.02 Å². The molecule has 132 valence electrons. The minimum absolute atomic E-state index is 0.0871. The van der Waals surface area contributed by atoms with Crippen LogP contribution in [0.25, 0.3) is 5.69 Å². The number of hydrogen-bond donors (Lipinski definition) is 1. The van der Waals surface area contributed by atoms with Gasteiger partial charge in [0.15, 0.2) is 0 Å². The molecule has 0 bridgehead atoms. The fourth-order valence-electron chi connectivity index (χ4n) is 3.05. The summed E-state index contributed by atoms with van der Waals surface area (Å²) in [6, 6.07) is 13.7. The van der Waals surface area contributed by atoms with Crippen molar-refractivity contribution in [1.82, 2.24) is 9.78 Å². The van der Waals surface area contributed by atoms with E-state index < -0.39 is 0 Å². The van der Waals surface area contributed by atoms with E-state index in [2.05, 4.69) is 10.4 Å². The lowest BCUT2D eigenvalue weighted by atomic mass is 10.0. The van der Waals surface area contributed by atoms with Gasteiger partial charge in [-0.15, -0.1) is 11.8 Å². The number of thioether (sulfide) groups is 1. The highest BCUT2D eigenvalue weighted by atomic mass is 35.5. The molecule has 0 saturated carbocycles. The number of rotatable bonds is 2. The van der Waals surface area contributed by atoms with Crippen LogP contribution in [0.1, 0.15) is 22.1 Å². The second-order valence-electron chi connectivity index (χ2n) is 6.03. The van der Waals surface area contributed by atoms with Gasteiger partial charge in [-0.05, 0) is 48.9 Å². The van der Waals surface area contributed by atoms with E-state index in [-0.39, 0.29) is 17.0 Å². The third-order valence-electron chi connectivity index (χ3n) is 4.25. The molecule has 0 aliphatic carbocycles. The zero-order chi connectivity index (χ0) is 18.3. The number of aromatic nitrogens is 2. The van der Waals surface area contributed by atoms with E-state index in [9.17, 15) is 9.18 Å². The Balaban J connectivity index is 1.87. The van der Waals surface area contributed by atoms with Crippen molar-refractivity contribution in [3.05, 3.63) is 76.2 Å². The second-order valence-corrected chi connectivity index (χ2v) is 7.56. The Morgan fingerprint density at radius 2 is 1.88 bits per heavy atom. The Hall–Kier alpha value is -2.31. The summed E-state index contributed by atoms with van der Waals surface area (Å²) >= 11 is 7.49. The number of nitrogens with one attached hydrogen (secondary N) is 1. The molecule has 4 rings (SSSR count). The van der Waals surface area contributed by atoms with Gasteiger partial charge in [0.25, 0.3) is 0 Å². The van der Waals surface area contributed by atoms with Gasteiger partial charge >= 0.3 is 0 Å². The smallest absolute Gasteiger partial charge is 0.235 e. The predicted molar refractivity (Wildman–Crippen MR) is 103 cm³/mol. The van der Waals surface area contributed by atoms with Gasteiger partial charge in [-0.2, -0.15) is 5.10 Å². The second kappa shape index (κ2) is 6.78. The first-order chi connectivity index (χ1) is 12.5. The van der Waals surface area contributed by atoms with Gasteiger partial charge in [0.05, 0.1) is 22.4 Å². The number of carbonyl (C=O) groups excluding carboxylic acids is 1. The first-order valence-corrected chi connectivity index (χ1v) is 9.48. The average Bonchev–Trinajstić information content (AvgIpc) is 2.83. The zero-order valence-corrected chi connectivity index (χ0v) is 15.4. The zero-order valence-electron chi connectivity index (χ0n) is 13.9. The molecule has 1 N–H and O–H groups in total. The number of anilines is 1. The molecule has 0 fully saturated rings. The van der Waals surface area contributed by atoms with Gasteiger partial charge < -0.3 is 5.32 Å². The number of amides is 1. The van der Waals surface area contributed by atoms with Crippen LogP contribution in [0.3, 0.4) is 0 Å². The van der Waals surface area contributed by atoms with Crippen molar-refractivity contribution in [3.63, 3.8) is 0 Å². The normalized spacial score (nSPS) is 16.7. The molecule has 4 nitrogen and oxygen atoms in total. The number of hydrogen-bond acceptors (Lipinski definition) is 3. The maximum atomic E-state index is 13.3. The van der Waals surface area contributed by atoms with E-state index in [1.54, 1.807) is 28.9 Å². The Morgan fingerprint density at radius 1 is 1.19 bits per heavy atom. The maximum absolute atomic E-state index is 13.3. The molecule has 2 heterocycles. The average molecular weight is 388 g/mol. The minimum atomic E-state index is -0.282. The molecule has 1 aromatic heterocycles. The summed E-state index contributed by atoms with van der Waals surface area (Å²) in [6.07, 6.45) is 0. The molecule has 1 aliphatic heterocycles. The molecule has 1 atom stereocenters. The summed E-state index contributed by atoms with van der Waals surface area (Å²) in [4.78, 5) is 12.3. The van der Waals surface area contributed by atoms with Crippen molar-refractivity contribution in [2.75, 3.05) is 11.1 Å². The number of aryl methyl sites for hydroxylation is 1. The number of carbonyl (C=O) groups is 1. The van der Waals surface area contributed by atoms with Gasteiger partial charge in [0.2, 0.25) is 5.91 Å². The molecule has 1 unspecified atom stereocenters. The lowest BCUT2D eigenvalue weighted by molar-refractivity contribution is -0.113. The van der Waals surface area contributed by atoms with Crippen molar-refractivity contribution in [1.29, 1.82) is 0 Å². The molecule has 2 aromatic carbocycles. The Morgan fingerprint density at radius 3 is 2.58 bits per heavy atom. The summed E-state index contributed by atoms with van der Waals surface area (Å²) in [5.41, 5.74) is 3.50. The van der Waals surface area contributed by atoms with Gasteiger partial charge in [0, 0.05) is 10.6 Å². The van der Waals surface area contributed by atoms with Crippen LogP contribution >= 0.6 is 23.4 Å². The SMILES string of the molecule is Cc1nn(-c2ccc(Cl)cc2)c2c1C(c1ccc(F)cc1)SCC(=O)N2. The molecular weight excluding hydrogens is 373 g/mol. The molecule has 3 aromatic rings. The quantitative estimate of drug-likeness (QED) is 0.690. The first-order valence-electron chi connectivity index (χ1n) is 8.05. The summed E-state index contributed by atoms with van der Waals surface area (Å²) in [5, 5.41) is 8.13. The highest BCUT2D eigenvalue weighted by Crippen LogP contribution is 2.43. The maximum Gasteiger partial charge on any atom is 0.235 e. The fraction of sp³-hybridized carbons (Fsp3) is 0.158. The molecule has 1 aliphatic rings. The highest BCUT2D eigenvalue weighted by molar-refractivity contribution is 8.00. The largest absolute Gasteiger partial charge is 0.310 e. The lowest BCUT2D eigenvalue weighted by Crippen LogP contribution is -2.15. The van der Waals surface area contributed by atoms with Crippen molar-refractivity contribution < 1.29 is 9.18 Å². The van der Waals surface area contributed by atoms with E-state index in [4.69, 9.17) is 11.6 Å². The molecule has 1 amide bonds. The Labute approximate surface area is 159 Å². The minimum Gasteiger partial charge on any atom is -0.310 e. The van der Waals surface area contributed by atoms with Crippen molar-refractivity contribution >= 4 is 35.1 Å². The summed E-state index contributed by atoms with van der Waals surface area (Å²) < 4.78 is 15.1. The van der Waals surface area contributed by atoms with Gasteiger partial charge in [-0.1, -0.05) is 23.7 Å². The number of benzene rings is 2. The lowest BCUT2D eigenvalue weighted by Gasteiger charge is -2.15. The summed E-state index contributed by atoms with van der Waals surface area (Å²) in [5.74, 6) is 0.594. The molecule has 0 spiro atoms. The Bertz CT molecular complexity index is 970. The summed E-state index contributed by atoms with van der Waals surface area (Å²) in [7, 11) is 0. The predicted octanol–water partition coefficient (Wildman–Crippen LogP) is 4.75. The van der Waals surface area contributed by atoms with E-state index >= 15 is 0 Å². The Kier molecular flexibility index (Phi) is 4.46. The molecule has 0 radical (unpaired) electrons. The first kappa shape index (κ1) is 17.1. The van der Waals surface area contributed by atoms with E-state index in [1.165, 1.54) is 23.9 Å². The standard InChI is InChI=1S/C19H15ClFN3OS/c1-11-17-18(12-2-6-14(21)7-3-12)26-10-16(25)22-19(17)24(23-11)15-8-4-13(20)5-9-15/h2-9,18H,10H2,1H3,(H,22,25). The van der Waals surface area contributed by atoms with Gasteiger partial charge in [-0.3, -0.25) is 4.79 Å². The van der Waals surface area contributed by atoms with Gasteiger partial charge in [-0.25, -0.2) is 9.07 Å². The van der Waals surface area contributed by atoms with Crippen molar-refractivity contribution in [3.8, 4) is 5.69 Å². The van der Waals surface area contributed by atoms with Crippen LogP contribution in [0.4, 0.5) is 10.2 Å². The van der Waals surface area contributed by atoms with Crippen LogP contribution < -0.4 is 5.32 Å². The number of nitrogens with zero attached hydrogens (tertiary/aromatic N) is 2. The fourth-order valence-corrected chi connectivity index (χ4v) is 4.37. The summed E-state index contributed by atoms with van der Waals surface area (Å²) in [6.45, 7) is 1.92. The van der Waals surface area contributed by atoms with Crippen molar-refractivity contribution in [2.24, 2.45) is 0 Å². The van der Waals surface area contributed by atoms with E-state index in [1.807, 2.05) is 19.1 Å². The van der Waals surface area contributed by atoms with Crippen LogP contribution in [-0.4, -0.2) is 21.4 Å². The number of halogens is 2. The molecule has 7 heteroatoms. The highest BCUT2D eigenvalue weighted by Gasteiger charge is 2.30. The third kappa shape index (κ3) is 3.10. The van der Waals surface area contributed by atoms with Crippen LogP contribution in [-0.2, 0) is 4.79 Å². The van der Waals surface area contributed by atoms with E-state index in [0.717, 1.165) is 22.5 Å². The van der Waals surface area contributed by atoms with Crippen LogP contribution in [0, 0.1) is 12.7 Å².